The van der Waals surface area contributed by atoms with Crippen LogP contribution in [0.5, 0.6) is 11.5 Å². The highest BCUT2D eigenvalue weighted by molar-refractivity contribution is 5.83. The highest BCUT2D eigenvalue weighted by atomic mass is 16.5. The molecule has 200 valence electrons. The first-order valence-electron chi connectivity index (χ1n) is 14.7. The molecule has 0 aliphatic carbocycles. The monoisotopic (exact) mass is 551 g/mol. The topological polar surface area (TPSA) is 21.9 Å². The first-order valence-corrected chi connectivity index (χ1v) is 14.7. The van der Waals surface area contributed by atoms with Crippen molar-refractivity contribution in [2.75, 3.05) is 0 Å². The molecule has 0 amide bonds. The van der Waals surface area contributed by atoms with Crippen LogP contribution in [-0.4, -0.2) is 4.68 Å². The van der Waals surface area contributed by atoms with E-state index in [4.69, 9.17) is 4.74 Å². The molecule has 0 saturated carbocycles. The van der Waals surface area contributed by atoms with E-state index >= 15 is 0 Å². The maximum absolute atomic E-state index is 6.78. The molecule has 0 saturated heterocycles. The van der Waals surface area contributed by atoms with Gasteiger partial charge in [0.1, 0.15) is 17.2 Å². The van der Waals surface area contributed by atoms with Crippen LogP contribution in [0.2, 0.25) is 0 Å². The second kappa shape index (κ2) is 8.17. The number of hydrogen-bond acceptors (Lipinski definition) is 1. The van der Waals surface area contributed by atoms with Crippen LogP contribution in [0.25, 0.3) is 50.3 Å². The highest BCUT2D eigenvalue weighted by Gasteiger charge is 2.72. The highest BCUT2D eigenvalue weighted by Crippen LogP contribution is 2.56. The molecule has 5 aromatic carbocycles. The number of benzene rings is 5. The van der Waals surface area contributed by atoms with E-state index < -0.39 is 5.66 Å². The summed E-state index contributed by atoms with van der Waals surface area (Å²) in [5.74, 6) is 1.80. The molecule has 7 aromatic rings. The minimum atomic E-state index is -0.571. The Morgan fingerprint density at radius 3 is 1.98 bits per heavy atom. The Balaban J connectivity index is 1.24. The van der Waals surface area contributed by atoms with Gasteiger partial charge in [-0.2, -0.15) is 0 Å². The van der Waals surface area contributed by atoms with E-state index in [1.54, 1.807) is 0 Å². The van der Waals surface area contributed by atoms with E-state index in [-0.39, 0.29) is 0 Å². The summed E-state index contributed by atoms with van der Waals surface area (Å²) in [6, 6.07) is 47.7. The molecule has 4 nitrogen and oxygen atoms in total. The molecule has 0 fully saturated rings. The molecule has 5 heterocycles. The van der Waals surface area contributed by atoms with Gasteiger partial charge in [0.2, 0.25) is 11.9 Å². The Labute approximate surface area is 248 Å². The summed E-state index contributed by atoms with van der Waals surface area (Å²) in [7, 11) is 0. The smallest absolute Gasteiger partial charge is 0.447 e. The standard InChI is InChI=1S/C39H25N3O/c1-3-9-26(10-4-1)28-15-17-29(18-16-28)30-19-22-40-34(24-30)32-23-31(27-11-5-2-6-12-27)25-36-37(32)39(40)38-33(13-7-14-35(38)43-36)41-20-8-21-42(39)41/h1-25H/q+2. The van der Waals surface area contributed by atoms with Gasteiger partial charge < -0.3 is 4.74 Å². The minimum Gasteiger partial charge on any atom is -0.455 e. The van der Waals surface area contributed by atoms with Gasteiger partial charge in [-0.25, -0.2) is 0 Å². The van der Waals surface area contributed by atoms with Crippen molar-refractivity contribution in [3.05, 3.63) is 163 Å². The lowest BCUT2D eigenvalue weighted by Gasteiger charge is -2.24. The van der Waals surface area contributed by atoms with Gasteiger partial charge in [-0.15, -0.1) is 9.25 Å². The molecule has 2 aromatic heterocycles. The molecule has 0 N–H and O–H groups in total. The van der Waals surface area contributed by atoms with E-state index in [1.807, 2.05) is 0 Å². The van der Waals surface area contributed by atoms with Crippen molar-refractivity contribution < 1.29 is 14.0 Å². The summed E-state index contributed by atoms with van der Waals surface area (Å²) >= 11 is 0. The Bertz CT molecular complexity index is 2250. The summed E-state index contributed by atoms with van der Waals surface area (Å²) in [5.41, 5.74) is 12.5. The zero-order valence-electron chi connectivity index (χ0n) is 23.2. The van der Waals surface area contributed by atoms with Crippen molar-refractivity contribution in [2.45, 2.75) is 5.66 Å². The van der Waals surface area contributed by atoms with Crippen LogP contribution in [0.15, 0.2) is 152 Å². The molecule has 43 heavy (non-hydrogen) atoms. The molecule has 4 heteroatoms. The number of rotatable bonds is 3. The van der Waals surface area contributed by atoms with Crippen LogP contribution >= 0.6 is 0 Å². The average Bonchev–Trinajstić information content (AvgIpc) is 3.75. The molecule has 10 rings (SSSR count). The third-order valence-corrected chi connectivity index (χ3v) is 9.30. The van der Waals surface area contributed by atoms with E-state index in [2.05, 4.69) is 166 Å². The molecule has 0 radical (unpaired) electrons. The van der Waals surface area contributed by atoms with E-state index in [0.717, 1.165) is 22.7 Å². The second-order valence-electron chi connectivity index (χ2n) is 11.5. The Kier molecular flexibility index (Phi) is 4.35. The lowest BCUT2D eigenvalue weighted by Crippen LogP contribution is -2.73. The summed E-state index contributed by atoms with van der Waals surface area (Å²) < 4.78 is 13.8. The van der Waals surface area contributed by atoms with Crippen molar-refractivity contribution >= 4 is 0 Å². The maximum atomic E-state index is 6.78. The van der Waals surface area contributed by atoms with Gasteiger partial charge in [0, 0.05) is 18.2 Å². The quantitative estimate of drug-likeness (QED) is 0.206. The van der Waals surface area contributed by atoms with Gasteiger partial charge in [0.25, 0.3) is 0 Å². The molecule has 3 aliphatic rings. The number of hydrogen-bond donors (Lipinski definition) is 0. The number of nitrogens with zero attached hydrogens (tertiary/aromatic N) is 3. The number of ether oxygens (including phenoxy) is 1. The third-order valence-electron chi connectivity index (χ3n) is 9.30. The van der Waals surface area contributed by atoms with Crippen molar-refractivity contribution in [3.8, 4) is 61.8 Å². The van der Waals surface area contributed by atoms with Crippen LogP contribution in [0.4, 0.5) is 0 Å². The molecule has 1 unspecified atom stereocenters. The summed E-state index contributed by atoms with van der Waals surface area (Å²) in [6.07, 6.45) is 6.59. The van der Waals surface area contributed by atoms with E-state index in [0.29, 0.717) is 0 Å². The van der Waals surface area contributed by atoms with Crippen molar-refractivity contribution in [2.24, 2.45) is 0 Å². The SMILES string of the molecule is c1ccc(-c2ccc(-c3cc[n+]4c(c3)-c3cc(-c5ccccc5)cc5c3C43c4c(cccc4-n4ccc[n+]43)O5)cc2)cc1. The third kappa shape index (κ3) is 2.89. The number of pyridine rings is 1. The van der Waals surface area contributed by atoms with Crippen molar-refractivity contribution in [1.29, 1.82) is 0 Å². The molecule has 1 atom stereocenters. The Hall–Kier alpha value is -5.74. The maximum Gasteiger partial charge on any atom is 0.447 e. The van der Waals surface area contributed by atoms with Gasteiger partial charge in [-0.1, -0.05) is 91.0 Å². The molecule has 0 bridgehead atoms. The fraction of sp³-hybridized carbons (Fsp3) is 0.0256. The Morgan fingerprint density at radius 1 is 0.512 bits per heavy atom. The van der Waals surface area contributed by atoms with Crippen LogP contribution in [0.3, 0.4) is 0 Å². The fourth-order valence-corrected chi connectivity index (χ4v) is 7.48. The normalized spacial score (nSPS) is 16.2. The van der Waals surface area contributed by atoms with Gasteiger partial charge >= 0.3 is 5.66 Å². The lowest BCUT2D eigenvalue weighted by atomic mass is 9.85. The lowest BCUT2D eigenvalue weighted by molar-refractivity contribution is -0.988. The first-order chi connectivity index (χ1) is 21.3. The summed E-state index contributed by atoms with van der Waals surface area (Å²) in [6.45, 7) is 0. The Morgan fingerprint density at radius 2 is 1.21 bits per heavy atom. The zero-order valence-corrected chi connectivity index (χ0v) is 23.2. The number of fused-ring (bicyclic) bond motifs is 4. The zero-order chi connectivity index (χ0) is 28.1. The van der Waals surface area contributed by atoms with Crippen LogP contribution in [0.1, 0.15) is 11.1 Å². The van der Waals surface area contributed by atoms with Crippen LogP contribution < -0.4 is 14.0 Å². The fourth-order valence-electron chi connectivity index (χ4n) is 7.48. The predicted molar refractivity (Wildman–Crippen MR) is 166 cm³/mol. The molecule has 3 aliphatic heterocycles. The van der Waals surface area contributed by atoms with Crippen molar-refractivity contribution in [3.63, 3.8) is 0 Å². The molecular formula is C39H25N3O+2. The largest absolute Gasteiger partial charge is 0.455 e. The average molecular weight is 552 g/mol. The summed E-state index contributed by atoms with van der Waals surface area (Å²) in [4.78, 5) is 0. The van der Waals surface area contributed by atoms with Crippen LogP contribution in [-0.2, 0) is 5.66 Å². The van der Waals surface area contributed by atoms with E-state index in [9.17, 15) is 0 Å². The van der Waals surface area contributed by atoms with E-state index in [1.165, 1.54) is 50.2 Å². The van der Waals surface area contributed by atoms with Gasteiger partial charge in [-0.3, -0.25) is 0 Å². The van der Waals surface area contributed by atoms with Gasteiger partial charge in [-0.05, 0) is 62.3 Å². The van der Waals surface area contributed by atoms with Gasteiger partial charge in [0.05, 0.1) is 11.8 Å². The predicted octanol–water partition coefficient (Wildman–Crippen LogP) is 7.75. The number of aromatic nitrogens is 3. The second-order valence-corrected chi connectivity index (χ2v) is 11.5. The van der Waals surface area contributed by atoms with Crippen molar-refractivity contribution in [1.82, 2.24) is 4.68 Å². The minimum absolute atomic E-state index is 0.571. The van der Waals surface area contributed by atoms with Gasteiger partial charge in [0.15, 0.2) is 17.3 Å². The first kappa shape index (κ1) is 22.9. The van der Waals surface area contributed by atoms with Crippen LogP contribution in [0, 0.1) is 0 Å². The summed E-state index contributed by atoms with van der Waals surface area (Å²) in [5, 5.41) is 0. The molecule has 1 spiro atoms. The molecular weight excluding hydrogens is 526 g/mol.